The number of carbonyl (C=O) groups is 2. The summed E-state index contributed by atoms with van der Waals surface area (Å²) < 4.78 is 7.42. The molecular weight excluding hydrogens is 318 g/mol. The fourth-order valence-corrected chi connectivity index (χ4v) is 3.02. The van der Waals surface area contributed by atoms with E-state index in [4.69, 9.17) is 4.74 Å². The van der Waals surface area contributed by atoms with Gasteiger partial charge in [-0.25, -0.2) is 0 Å². The summed E-state index contributed by atoms with van der Waals surface area (Å²) in [6.45, 7) is 9.27. The van der Waals surface area contributed by atoms with Crippen molar-refractivity contribution in [2.75, 3.05) is 37.0 Å². The average molecular weight is 341 g/mol. The van der Waals surface area contributed by atoms with Gasteiger partial charge in [0.05, 0.1) is 19.0 Å². The number of thioether (sulfide) groups is 1. The Morgan fingerprint density at radius 2 is 2.00 bits per heavy atom. The number of hydrogen-bond donors (Lipinski definition) is 1. The van der Waals surface area contributed by atoms with Crippen LogP contribution in [0.4, 0.5) is 5.95 Å². The van der Waals surface area contributed by atoms with Crippen molar-refractivity contribution < 1.29 is 14.3 Å². The van der Waals surface area contributed by atoms with E-state index in [9.17, 15) is 9.59 Å². The van der Waals surface area contributed by atoms with Crippen LogP contribution >= 0.6 is 11.8 Å². The first kappa shape index (κ1) is 17.7. The number of aromatic nitrogens is 3. The highest BCUT2D eigenvalue weighted by molar-refractivity contribution is 7.99. The van der Waals surface area contributed by atoms with E-state index >= 15 is 0 Å². The van der Waals surface area contributed by atoms with Crippen LogP contribution in [0, 0.1) is 5.92 Å². The van der Waals surface area contributed by atoms with Crippen LogP contribution in [-0.4, -0.2) is 58.6 Å². The Morgan fingerprint density at radius 3 is 2.61 bits per heavy atom. The molecule has 0 bridgehead atoms. The molecule has 0 saturated carbocycles. The molecule has 1 aliphatic rings. The van der Waals surface area contributed by atoms with Gasteiger partial charge < -0.3 is 9.64 Å². The largest absolute Gasteiger partial charge is 0.378 e. The van der Waals surface area contributed by atoms with E-state index in [1.807, 2.05) is 4.57 Å². The molecule has 0 spiro atoms. The monoisotopic (exact) mass is 341 g/mol. The third kappa shape index (κ3) is 5.21. The maximum Gasteiger partial charge on any atom is 0.237 e. The Hall–Kier alpha value is -1.61. The van der Waals surface area contributed by atoms with Crippen molar-refractivity contribution in [1.82, 2.24) is 20.1 Å². The van der Waals surface area contributed by atoms with E-state index in [2.05, 4.69) is 34.3 Å². The number of ether oxygens (including phenoxy) is 1. The highest BCUT2D eigenvalue weighted by Crippen LogP contribution is 2.24. The number of morpholine rings is 1. The molecule has 0 aromatic carbocycles. The van der Waals surface area contributed by atoms with Crippen molar-refractivity contribution in [3.63, 3.8) is 0 Å². The molecule has 1 aromatic heterocycles. The van der Waals surface area contributed by atoms with Crippen LogP contribution in [0.25, 0.3) is 0 Å². The number of nitrogens with one attached hydrogen (secondary N) is 1. The molecule has 0 radical (unpaired) electrons. The van der Waals surface area contributed by atoms with Crippen molar-refractivity contribution in [2.45, 2.75) is 32.5 Å². The molecular formula is C14H23N5O3S. The Morgan fingerprint density at radius 1 is 1.30 bits per heavy atom. The number of amides is 2. The fraction of sp³-hybridized carbons (Fsp3) is 0.714. The average Bonchev–Trinajstić information content (AvgIpc) is 2.87. The minimum Gasteiger partial charge on any atom is -0.378 e. The number of carbonyl (C=O) groups excluding carboxylic acids is 2. The van der Waals surface area contributed by atoms with E-state index in [-0.39, 0.29) is 17.6 Å². The molecule has 2 amide bonds. The van der Waals surface area contributed by atoms with Gasteiger partial charge in [-0.3, -0.25) is 19.5 Å². The number of nitrogens with zero attached hydrogens (tertiary/aromatic N) is 4. The molecule has 128 valence electrons. The lowest BCUT2D eigenvalue weighted by atomic mass is 10.2. The van der Waals surface area contributed by atoms with E-state index in [1.54, 1.807) is 0 Å². The SMILES string of the molecule is CC(=O)NC(=O)CSc1nnc(N2CCOCC2)n1CC(C)C. The first-order valence-corrected chi connectivity index (χ1v) is 8.65. The second-order valence-electron chi connectivity index (χ2n) is 5.78. The van der Waals surface area contributed by atoms with Crippen LogP contribution in [-0.2, 0) is 20.9 Å². The van der Waals surface area contributed by atoms with E-state index < -0.39 is 0 Å². The molecule has 1 aliphatic heterocycles. The fourth-order valence-electron chi connectivity index (χ4n) is 2.27. The first-order valence-electron chi connectivity index (χ1n) is 7.66. The molecule has 1 N–H and O–H groups in total. The zero-order valence-electron chi connectivity index (χ0n) is 13.7. The van der Waals surface area contributed by atoms with Crippen LogP contribution in [0.2, 0.25) is 0 Å². The summed E-state index contributed by atoms with van der Waals surface area (Å²) >= 11 is 1.29. The summed E-state index contributed by atoms with van der Waals surface area (Å²) in [5.74, 6) is 0.703. The quantitative estimate of drug-likeness (QED) is 0.755. The molecule has 1 saturated heterocycles. The van der Waals surface area contributed by atoms with Crippen molar-refractivity contribution in [2.24, 2.45) is 5.92 Å². The molecule has 9 heteroatoms. The Balaban J connectivity index is 2.10. The van der Waals surface area contributed by atoms with Crippen LogP contribution in [0.5, 0.6) is 0 Å². The van der Waals surface area contributed by atoms with Gasteiger partial charge in [-0.1, -0.05) is 25.6 Å². The standard InChI is InChI=1S/C14H23N5O3S/c1-10(2)8-19-13(18-4-6-22-7-5-18)16-17-14(19)23-9-12(21)15-11(3)20/h10H,4-9H2,1-3H3,(H,15,20,21). The lowest BCUT2D eigenvalue weighted by Gasteiger charge is -2.28. The molecule has 2 rings (SSSR count). The van der Waals surface area contributed by atoms with Gasteiger partial charge in [0, 0.05) is 26.6 Å². The third-order valence-electron chi connectivity index (χ3n) is 3.19. The van der Waals surface area contributed by atoms with Gasteiger partial charge in [0.1, 0.15) is 0 Å². The first-order chi connectivity index (χ1) is 11.0. The zero-order valence-corrected chi connectivity index (χ0v) is 14.6. The lowest BCUT2D eigenvalue weighted by molar-refractivity contribution is -0.127. The summed E-state index contributed by atoms with van der Waals surface area (Å²) in [6, 6.07) is 0. The summed E-state index contributed by atoms with van der Waals surface area (Å²) in [7, 11) is 0. The van der Waals surface area contributed by atoms with Gasteiger partial charge in [0.25, 0.3) is 0 Å². The van der Waals surface area contributed by atoms with Crippen LogP contribution in [0.1, 0.15) is 20.8 Å². The number of imide groups is 1. The second kappa shape index (κ2) is 8.30. The molecule has 0 aliphatic carbocycles. The van der Waals surface area contributed by atoms with Crippen LogP contribution in [0.15, 0.2) is 5.16 Å². The summed E-state index contributed by atoms with van der Waals surface area (Å²) in [5.41, 5.74) is 0. The maximum atomic E-state index is 11.6. The summed E-state index contributed by atoms with van der Waals surface area (Å²) in [4.78, 5) is 24.7. The normalized spacial score (nSPS) is 15.0. The third-order valence-corrected chi connectivity index (χ3v) is 4.15. The molecule has 23 heavy (non-hydrogen) atoms. The van der Waals surface area contributed by atoms with E-state index in [0.717, 1.165) is 25.6 Å². The van der Waals surface area contributed by atoms with E-state index in [1.165, 1.54) is 18.7 Å². The summed E-state index contributed by atoms with van der Waals surface area (Å²) in [6.07, 6.45) is 0. The highest BCUT2D eigenvalue weighted by atomic mass is 32.2. The summed E-state index contributed by atoms with van der Waals surface area (Å²) in [5, 5.41) is 11.5. The van der Waals surface area contributed by atoms with Gasteiger partial charge in [0.15, 0.2) is 5.16 Å². The zero-order chi connectivity index (χ0) is 16.8. The van der Waals surface area contributed by atoms with Crippen LogP contribution < -0.4 is 10.2 Å². The number of anilines is 1. The van der Waals surface area contributed by atoms with E-state index in [0.29, 0.717) is 24.3 Å². The van der Waals surface area contributed by atoms with Gasteiger partial charge in [0.2, 0.25) is 17.8 Å². The van der Waals surface area contributed by atoms with Crippen molar-refractivity contribution in [1.29, 1.82) is 0 Å². The van der Waals surface area contributed by atoms with Gasteiger partial charge in [-0.05, 0) is 5.92 Å². The minimum absolute atomic E-state index is 0.138. The van der Waals surface area contributed by atoms with Crippen molar-refractivity contribution in [3.05, 3.63) is 0 Å². The topological polar surface area (TPSA) is 89.3 Å². The molecule has 0 atom stereocenters. The van der Waals surface area contributed by atoms with Crippen LogP contribution in [0.3, 0.4) is 0 Å². The number of hydrogen-bond acceptors (Lipinski definition) is 7. The molecule has 0 unspecified atom stereocenters. The molecule has 1 fully saturated rings. The maximum absolute atomic E-state index is 11.6. The molecule has 8 nitrogen and oxygen atoms in total. The predicted molar refractivity (Wildman–Crippen MR) is 87.4 cm³/mol. The smallest absolute Gasteiger partial charge is 0.237 e. The second-order valence-corrected chi connectivity index (χ2v) is 6.72. The lowest BCUT2D eigenvalue weighted by Crippen LogP contribution is -2.38. The van der Waals surface area contributed by atoms with Gasteiger partial charge in [-0.2, -0.15) is 0 Å². The Bertz CT molecular complexity index is 555. The molecule has 1 aromatic rings. The van der Waals surface area contributed by atoms with Gasteiger partial charge in [-0.15, -0.1) is 10.2 Å². The van der Waals surface area contributed by atoms with Crippen molar-refractivity contribution in [3.8, 4) is 0 Å². The minimum atomic E-state index is -0.353. The number of rotatable bonds is 6. The Labute approximate surface area is 140 Å². The predicted octanol–water partition coefficient (Wildman–Crippen LogP) is 0.526. The highest BCUT2D eigenvalue weighted by Gasteiger charge is 2.21. The Kier molecular flexibility index (Phi) is 6.40. The van der Waals surface area contributed by atoms with Gasteiger partial charge >= 0.3 is 0 Å². The molecule has 2 heterocycles. The van der Waals surface area contributed by atoms with Crippen molar-refractivity contribution >= 4 is 29.5 Å².